The molecule has 0 radical (unpaired) electrons. The second-order valence-electron chi connectivity index (χ2n) is 2.90. The van der Waals surface area contributed by atoms with Gasteiger partial charge < -0.3 is 11.5 Å². The highest BCUT2D eigenvalue weighted by atomic mass is 16.2. The molecule has 76 valence electrons. The maximum absolute atomic E-state index is 11.4. The highest BCUT2D eigenvalue weighted by Crippen LogP contribution is 2.05. The molecule has 1 rings (SSSR count). The lowest BCUT2D eigenvalue weighted by atomic mass is 10.2. The largest absolute Gasteiger partial charge is 0.397 e. The number of nitrogen functional groups attached to an aromatic ring is 1. The van der Waals surface area contributed by atoms with Gasteiger partial charge in [-0.15, -0.1) is 0 Å². The summed E-state index contributed by atoms with van der Waals surface area (Å²) in [6.45, 7) is 1.75. The number of aromatic nitrogens is 2. The number of carbonyl (C=O) groups is 1. The van der Waals surface area contributed by atoms with Crippen molar-refractivity contribution >= 4 is 11.6 Å². The van der Waals surface area contributed by atoms with Crippen LogP contribution in [0.5, 0.6) is 0 Å². The molecule has 4 N–H and O–H groups in total. The van der Waals surface area contributed by atoms with Gasteiger partial charge >= 0.3 is 0 Å². The monoisotopic (exact) mass is 196 g/mol. The SMILES string of the molecule is CCC(C(N)=O)n1ncc(N)cc1=O. The van der Waals surface area contributed by atoms with Gasteiger partial charge in [-0.1, -0.05) is 6.92 Å². The summed E-state index contributed by atoms with van der Waals surface area (Å²) in [5, 5.41) is 3.75. The molecule has 6 nitrogen and oxygen atoms in total. The first-order valence-electron chi connectivity index (χ1n) is 4.20. The highest BCUT2D eigenvalue weighted by Gasteiger charge is 2.17. The highest BCUT2D eigenvalue weighted by molar-refractivity contribution is 5.78. The van der Waals surface area contributed by atoms with Crippen LogP contribution in [0.25, 0.3) is 0 Å². The fraction of sp³-hybridized carbons (Fsp3) is 0.375. The number of hydrogen-bond acceptors (Lipinski definition) is 4. The van der Waals surface area contributed by atoms with Gasteiger partial charge in [0.15, 0.2) is 0 Å². The van der Waals surface area contributed by atoms with Gasteiger partial charge in [-0.05, 0) is 6.42 Å². The van der Waals surface area contributed by atoms with Gasteiger partial charge in [0.2, 0.25) is 5.91 Å². The summed E-state index contributed by atoms with van der Waals surface area (Å²) in [4.78, 5) is 22.3. The second-order valence-corrected chi connectivity index (χ2v) is 2.90. The van der Waals surface area contributed by atoms with E-state index in [4.69, 9.17) is 11.5 Å². The zero-order chi connectivity index (χ0) is 10.7. The molecule has 1 amide bonds. The van der Waals surface area contributed by atoms with E-state index in [-0.39, 0.29) is 5.69 Å². The lowest BCUT2D eigenvalue weighted by Gasteiger charge is -2.12. The normalized spacial score (nSPS) is 12.4. The minimum absolute atomic E-state index is 0.269. The van der Waals surface area contributed by atoms with Crippen LogP contribution in [0, 0.1) is 0 Å². The molecule has 0 aliphatic heterocycles. The first-order valence-corrected chi connectivity index (χ1v) is 4.20. The zero-order valence-corrected chi connectivity index (χ0v) is 7.80. The molecule has 0 spiro atoms. The Morgan fingerprint density at radius 2 is 2.36 bits per heavy atom. The van der Waals surface area contributed by atoms with Crippen molar-refractivity contribution < 1.29 is 4.79 Å². The Balaban J connectivity index is 3.18. The van der Waals surface area contributed by atoms with Gasteiger partial charge in [0, 0.05) is 6.07 Å². The van der Waals surface area contributed by atoms with Gasteiger partial charge in [-0.3, -0.25) is 9.59 Å². The number of amides is 1. The molecule has 0 saturated heterocycles. The third kappa shape index (κ3) is 1.90. The summed E-state index contributed by atoms with van der Waals surface area (Å²) in [7, 11) is 0. The van der Waals surface area contributed by atoms with Crippen LogP contribution in [0.4, 0.5) is 5.69 Å². The van der Waals surface area contributed by atoms with Gasteiger partial charge in [0.25, 0.3) is 5.56 Å². The molecule has 0 saturated carbocycles. The lowest BCUT2D eigenvalue weighted by Crippen LogP contribution is -2.34. The van der Waals surface area contributed by atoms with Crippen molar-refractivity contribution in [2.75, 3.05) is 5.73 Å². The molecular weight excluding hydrogens is 184 g/mol. The number of nitrogens with two attached hydrogens (primary N) is 2. The summed E-state index contributed by atoms with van der Waals surface area (Å²) in [6.07, 6.45) is 1.74. The van der Waals surface area contributed by atoms with E-state index in [2.05, 4.69) is 5.10 Å². The maximum Gasteiger partial charge on any atom is 0.269 e. The summed E-state index contributed by atoms with van der Waals surface area (Å²) >= 11 is 0. The van der Waals surface area contributed by atoms with Gasteiger partial charge in [0.1, 0.15) is 6.04 Å². The molecule has 0 aliphatic carbocycles. The smallest absolute Gasteiger partial charge is 0.269 e. The van der Waals surface area contributed by atoms with Crippen molar-refractivity contribution in [1.29, 1.82) is 0 Å². The van der Waals surface area contributed by atoms with E-state index in [0.29, 0.717) is 6.42 Å². The average molecular weight is 196 g/mol. The van der Waals surface area contributed by atoms with Crippen LogP contribution < -0.4 is 17.0 Å². The van der Waals surface area contributed by atoms with E-state index in [0.717, 1.165) is 4.68 Å². The Morgan fingerprint density at radius 3 is 2.79 bits per heavy atom. The molecule has 1 heterocycles. The molecule has 1 aromatic rings. The number of hydrogen-bond donors (Lipinski definition) is 2. The van der Waals surface area contributed by atoms with Crippen molar-refractivity contribution in [1.82, 2.24) is 9.78 Å². The van der Waals surface area contributed by atoms with E-state index < -0.39 is 17.5 Å². The number of primary amides is 1. The molecule has 6 heteroatoms. The Bertz CT molecular complexity index is 399. The minimum Gasteiger partial charge on any atom is -0.397 e. The van der Waals surface area contributed by atoms with E-state index in [1.165, 1.54) is 12.3 Å². The van der Waals surface area contributed by atoms with Crippen molar-refractivity contribution in [2.24, 2.45) is 5.73 Å². The molecule has 14 heavy (non-hydrogen) atoms. The van der Waals surface area contributed by atoms with Crippen LogP contribution in [0.15, 0.2) is 17.1 Å². The summed E-state index contributed by atoms with van der Waals surface area (Å²) in [5.41, 5.74) is 10.3. The first kappa shape index (κ1) is 10.2. The van der Waals surface area contributed by atoms with Crippen LogP contribution in [0.2, 0.25) is 0 Å². The second kappa shape index (κ2) is 3.91. The first-order chi connectivity index (χ1) is 6.56. The number of nitrogens with zero attached hydrogens (tertiary/aromatic N) is 2. The van der Waals surface area contributed by atoms with Gasteiger partial charge in [0.05, 0.1) is 11.9 Å². The van der Waals surface area contributed by atoms with E-state index in [1.54, 1.807) is 6.92 Å². The van der Waals surface area contributed by atoms with Crippen LogP contribution in [-0.4, -0.2) is 15.7 Å². The maximum atomic E-state index is 11.4. The zero-order valence-electron chi connectivity index (χ0n) is 7.80. The van der Waals surface area contributed by atoms with Gasteiger partial charge in [-0.2, -0.15) is 5.10 Å². The summed E-state index contributed by atoms with van der Waals surface area (Å²) < 4.78 is 1.04. The van der Waals surface area contributed by atoms with Crippen molar-refractivity contribution in [3.63, 3.8) is 0 Å². The third-order valence-electron chi connectivity index (χ3n) is 1.86. The molecule has 1 unspecified atom stereocenters. The molecule has 0 bridgehead atoms. The predicted molar refractivity (Wildman–Crippen MR) is 51.4 cm³/mol. The number of rotatable bonds is 3. The standard InChI is InChI=1S/C8H12N4O2/c1-2-6(8(10)14)12-7(13)3-5(9)4-11-12/h3-4,6H,2,9H2,1H3,(H2,10,14). The van der Waals surface area contributed by atoms with Crippen LogP contribution in [0.3, 0.4) is 0 Å². The van der Waals surface area contributed by atoms with E-state index in [1.807, 2.05) is 0 Å². The predicted octanol–water partition coefficient (Wildman–Crippen LogP) is -0.738. The van der Waals surface area contributed by atoms with Crippen LogP contribution in [-0.2, 0) is 4.79 Å². The van der Waals surface area contributed by atoms with E-state index in [9.17, 15) is 9.59 Å². The van der Waals surface area contributed by atoms with Crippen molar-refractivity contribution in [3.8, 4) is 0 Å². The third-order valence-corrected chi connectivity index (χ3v) is 1.86. The topological polar surface area (TPSA) is 104 Å². The van der Waals surface area contributed by atoms with Crippen LogP contribution >= 0.6 is 0 Å². The Hall–Kier alpha value is -1.85. The Kier molecular flexibility index (Phi) is 2.85. The van der Waals surface area contributed by atoms with Crippen LogP contribution in [0.1, 0.15) is 19.4 Å². The van der Waals surface area contributed by atoms with E-state index >= 15 is 0 Å². The van der Waals surface area contributed by atoms with Crippen molar-refractivity contribution in [2.45, 2.75) is 19.4 Å². The molecular formula is C8H12N4O2. The number of anilines is 1. The molecule has 1 atom stereocenters. The fourth-order valence-electron chi connectivity index (χ4n) is 1.16. The summed E-state index contributed by atoms with van der Waals surface area (Å²) in [5.74, 6) is -0.577. The molecule has 0 aliphatic rings. The average Bonchev–Trinajstić information content (AvgIpc) is 2.09. The fourth-order valence-corrected chi connectivity index (χ4v) is 1.16. The minimum atomic E-state index is -0.705. The summed E-state index contributed by atoms with van der Waals surface area (Å²) in [6, 6.07) is 0.501. The Labute approximate surface area is 80.5 Å². The quantitative estimate of drug-likeness (QED) is 0.664. The van der Waals surface area contributed by atoms with Gasteiger partial charge in [-0.25, -0.2) is 4.68 Å². The number of carbonyl (C=O) groups excluding carboxylic acids is 1. The molecule has 0 fully saturated rings. The Morgan fingerprint density at radius 1 is 1.71 bits per heavy atom. The lowest BCUT2D eigenvalue weighted by molar-refractivity contribution is -0.121. The van der Waals surface area contributed by atoms with Crippen molar-refractivity contribution in [3.05, 3.63) is 22.6 Å². The molecule has 0 aromatic carbocycles. The molecule has 1 aromatic heterocycles.